The van der Waals surface area contributed by atoms with Gasteiger partial charge in [0.2, 0.25) is 0 Å². The summed E-state index contributed by atoms with van der Waals surface area (Å²) in [6.07, 6.45) is 0.913. The van der Waals surface area contributed by atoms with Crippen LogP contribution in [0.2, 0.25) is 0 Å². The van der Waals surface area contributed by atoms with Gasteiger partial charge in [0.25, 0.3) is 5.91 Å². The average Bonchev–Trinajstić information content (AvgIpc) is 2.62. The molecule has 0 heterocycles. The Morgan fingerprint density at radius 2 is 1.92 bits per heavy atom. The number of benzene rings is 1. The summed E-state index contributed by atoms with van der Waals surface area (Å²) >= 11 is 0. The van der Waals surface area contributed by atoms with Crippen molar-refractivity contribution in [1.82, 2.24) is 9.80 Å². The van der Waals surface area contributed by atoms with Crippen molar-refractivity contribution in [3.05, 3.63) is 29.8 Å². The SMILES string of the molecule is CCc1cccc(OCC(=O)N(CCN(C)C)CC(C)C(=O)OC)c1. The largest absolute Gasteiger partial charge is 0.484 e. The number of carbonyl (C=O) groups is 2. The van der Waals surface area contributed by atoms with Crippen molar-refractivity contribution in [2.24, 2.45) is 5.92 Å². The molecular formula is C19H30N2O4. The fraction of sp³-hybridized carbons (Fsp3) is 0.579. The van der Waals surface area contributed by atoms with E-state index in [9.17, 15) is 9.59 Å². The Hall–Kier alpha value is -2.08. The second-order valence-corrected chi connectivity index (χ2v) is 6.36. The number of hydrogen-bond acceptors (Lipinski definition) is 5. The lowest BCUT2D eigenvalue weighted by atomic mass is 10.1. The monoisotopic (exact) mass is 350 g/mol. The highest BCUT2D eigenvalue weighted by Gasteiger charge is 2.22. The van der Waals surface area contributed by atoms with Crippen LogP contribution in [0.5, 0.6) is 5.75 Å². The van der Waals surface area contributed by atoms with E-state index in [1.165, 1.54) is 7.11 Å². The van der Waals surface area contributed by atoms with Crippen LogP contribution in [0.1, 0.15) is 19.4 Å². The molecule has 0 saturated carbocycles. The van der Waals surface area contributed by atoms with Gasteiger partial charge >= 0.3 is 5.97 Å². The number of ether oxygens (including phenoxy) is 2. The maximum Gasteiger partial charge on any atom is 0.310 e. The van der Waals surface area contributed by atoms with E-state index in [2.05, 4.69) is 6.92 Å². The zero-order valence-electron chi connectivity index (χ0n) is 15.9. The Labute approximate surface area is 150 Å². The van der Waals surface area contributed by atoms with E-state index in [1.807, 2.05) is 43.3 Å². The smallest absolute Gasteiger partial charge is 0.310 e. The lowest BCUT2D eigenvalue weighted by molar-refractivity contribution is -0.146. The third-order valence-electron chi connectivity index (χ3n) is 3.94. The minimum Gasteiger partial charge on any atom is -0.484 e. The van der Waals surface area contributed by atoms with Crippen molar-refractivity contribution in [2.45, 2.75) is 20.3 Å². The summed E-state index contributed by atoms with van der Waals surface area (Å²) in [6.45, 7) is 5.34. The summed E-state index contributed by atoms with van der Waals surface area (Å²) in [7, 11) is 5.24. The van der Waals surface area contributed by atoms with Crippen LogP contribution < -0.4 is 4.74 Å². The molecule has 0 bridgehead atoms. The van der Waals surface area contributed by atoms with E-state index in [-0.39, 0.29) is 24.4 Å². The van der Waals surface area contributed by atoms with Gasteiger partial charge in [-0.3, -0.25) is 9.59 Å². The van der Waals surface area contributed by atoms with Crippen LogP contribution in [0.25, 0.3) is 0 Å². The minimum atomic E-state index is -0.375. The Morgan fingerprint density at radius 3 is 2.52 bits per heavy atom. The zero-order valence-corrected chi connectivity index (χ0v) is 15.9. The zero-order chi connectivity index (χ0) is 18.8. The van der Waals surface area contributed by atoms with Gasteiger partial charge in [-0.15, -0.1) is 0 Å². The van der Waals surface area contributed by atoms with Crippen molar-refractivity contribution >= 4 is 11.9 Å². The molecule has 0 saturated heterocycles. The predicted molar refractivity (Wildman–Crippen MR) is 97.6 cm³/mol. The standard InChI is InChI=1S/C19H30N2O4/c1-6-16-8-7-9-17(12-16)25-14-18(22)21(11-10-20(3)4)13-15(2)19(23)24-5/h7-9,12,15H,6,10-11,13-14H2,1-5H3. The second kappa shape index (κ2) is 10.7. The summed E-state index contributed by atoms with van der Waals surface area (Å²) in [6, 6.07) is 7.72. The van der Waals surface area contributed by atoms with Crippen LogP contribution in [0, 0.1) is 5.92 Å². The third kappa shape index (κ3) is 7.56. The van der Waals surface area contributed by atoms with Gasteiger partial charge in [-0.05, 0) is 38.2 Å². The van der Waals surface area contributed by atoms with E-state index >= 15 is 0 Å². The van der Waals surface area contributed by atoms with Crippen molar-refractivity contribution in [3.8, 4) is 5.75 Å². The van der Waals surface area contributed by atoms with E-state index in [0.29, 0.717) is 25.4 Å². The number of methoxy groups -OCH3 is 1. The van der Waals surface area contributed by atoms with Crippen LogP contribution in [0.4, 0.5) is 0 Å². The number of carbonyl (C=O) groups excluding carboxylic acids is 2. The fourth-order valence-electron chi connectivity index (χ4n) is 2.34. The van der Waals surface area contributed by atoms with Gasteiger partial charge in [-0.1, -0.05) is 26.0 Å². The molecule has 6 nitrogen and oxygen atoms in total. The summed E-state index contributed by atoms with van der Waals surface area (Å²) in [5, 5.41) is 0. The summed E-state index contributed by atoms with van der Waals surface area (Å²) in [5.74, 6) is -0.153. The molecule has 0 aliphatic rings. The van der Waals surface area contributed by atoms with Crippen LogP contribution >= 0.6 is 0 Å². The van der Waals surface area contributed by atoms with Crippen molar-refractivity contribution in [2.75, 3.05) is 47.4 Å². The maximum absolute atomic E-state index is 12.6. The third-order valence-corrected chi connectivity index (χ3v) is 3.94. The lowest BCUT2D eigenvalue weighted by Crippen LogP contribution is -2.43. The quantitative estimate of drug-likeness (QED) is 0.603. The highest BCUT2D eigenvalue weighted by molar-refractivity contribution is 5.79. The molecule has 0 spiro atoms. The molecule has 0 aromatic heterocycles. The molecule has 0 fully saturated rings. The average molecular weight is 350 g/mol. The topological polar surface area (TPSA) is 59.1 Å². The number of likely N-dealkylation sites (N-methyl/N-ethyl adjacent to an activating group) is 1. The number of esters is 1. The van der Waals surface area contributed by atoms with Crippen LogP contribution in [-0.2, 0) is 20.7 Å². The van der Waals surface area contributed by atoms with E-state index in [1.54, 1.807) is 11.8 Å². The molecule has 25 heavy (non-hydrogen) atoms. The van der Waals surface area contributed by atoms with E-state index in [0.717, 1.165) is 12.0 Å². The number of nitrogens with zero attached hydrogens (tertiary/aromatic N) is 2. The van der Waals surface area contributed by atoms with Crippen LogP contribution in [-0.4, -0.2) is 69.1 Å². The number of aryl methyl sites for hydroxylation is 1. The lowest BCUT2D eigenvalue weighted by Gasteiger charge is -2.26. The van der Waals surface area contributed by atoms with Crippen molar-refractivity contribution in [3.63, 3.8) is 0 Å². The van der Waals surface area contributed by atoms with Crippen molar-refractivity contribution in [1.29, 1.82) is 0 Å². The molecule has 1 rings (SSSR count). The first kappa shape index (κ1) is 21.0. The number of rotatable bonds is 10. The van der Waals surface area contributed by atoms with E-state index < -0.39 is 0 Å². The molecule has 140 valence electrons. The molecule has 0 aliphatic carbocycles. The molecular weight excluding hydrogens is 320 g/mol. The molecule has 1 amide bonds. The molecule has 1 aromatic rings. The first-order valence-corrected chi connectivity index (χ1v) is 8.59. The number of hydrogen-bond donors (Lipinski definition) is 0. The molecule has 1 unspecified atom stereocenters. The molecule has 1 atom stereocenters. The first-order valence-electron chi connectivity index (χ1n) is 8.59. The highest BCUT2D eigenvalue weighted by Crippen LogP contribution is 2.14. The van der Waals surface area contributed by atoms with Gasteiger partial charge in [0.1, 0.15) is 5.75 Å². The molecule has 0 aliphatic heterocycles. The van der Waals surface area contributed by atoms with Crippen molar-refractivity contribution < 1.29 is 19.1 Å². The second-order valence-electron chi connectivity index (χ2n) is 6.36. The van der Waals surface area contributed by atoms with Gasteiger partial charge in [-0.2, -0.15) is 0 Å². The molecule has 0 radical (unpaired) electrons. The van der Waals surface area contributed by atoms with Crippen LogP contribution in [0.3, 0.4) is 0 Å². The van der Waals surface area contributed by atoms with Gasteiger partial charge in [0.05, 0.1) is 13.0 Å². The van der Waals surface area contributed by atoms with E-state index in [4.69, 9.17) is 9.47 Å². The molecule has 1 aromatic carbocycles. The summed E-state index contributed by atoms with van der Waals surface area (Å²) in [5.41, 5.74) is 1.16. The fourth-order valence-corrected chi connectivity index (χ4v) is 2.34. The Balaban J connectivity index is 2.68. The first-order chi connectivity index (χ1) is 11.9. The predicted octanol–water partition coefficient (Wildman–Crippen LogP) is 1.83. The molecule has 0 N–H and O–H groups in total. The summed E-state index contributed by atoms with van der Waals surface area (Å²) < 4.78 is 10.4. The van der Waals surface area contributed by atoms with Gasteiger partial charge in [-0.25, -0.2) is 0 Å². The maximum atomic E-state index is 12.6. The van der Waals surface area contributed by atoms with Gasteiger partial charge in [0, 0.05) is 19.6 Å². The number of amides is 1. The normalized spacial score (nSPS) is 11.9. The van der Waals surface area contributed by atoms with Gasteiger partial charge < -0.3 is 19.3 Å². The summed E-state index contributed by atoms with van der Waals surface area (Å²) in [4.78, 5) is 27.9. The minimum absolute atomic E-state index is 0.0471. The Kier molecular flexibility index (Phi) is 8.99. The Bertz CT molecular complexity index is 560. The van der Waals surface area contributed by atoms with Gasteiger partial charge in [0.15, 0.2) is 6.61 Å². The highest BCUT2D eigenvalue weighted by atomic mass is 16.5. The molecule has 6 heteroatoms. The van der Waals surface area contributed by atoms with Crippen LogP contribution in [0.15, 0.2) is 24.3 Å². The Morgan fingerprint density at radius 1 is 1.20 bits per heavy atom.